The second-order valence-electron chi connectivity index (χ2n) is 5.10. The smallest absolute Gasteiger partial charge is 0.240 e. The van der Waals surface area contributed by atoms with Crippen molar-refractivity contribution in [3.8, 4) is 0 Å². The Balaban J connectivity index is 2.35. The second-order valence-corrected chi connectivity index (χ2v) is 7.85. The minimum Gasteiger partial charge on any atom is -0.357 e. The van der Waals surface area contributed by atoms with Gasteiger partial charge >= 0.3 is 0 Å². The van der Waals surface area contributed by atoms with Gasteiger partial charge in [0.05, 0.1) is 4.90 Å². The fourth-order valence-electron chi connectivity index (χ4n) is 1.94. The number of thioether (sulfide) groups is 1. The molecule has 0 saturated carbocycles. The van der Waals surface area contributed by atoms with Crippen molar-refractivity contribution >= 4 is 27.7 Å². The highest BCUT2D eigenvalue weighted by atomic mass is 32.2. The Morgan fingerprint density at radius 1 is 1.12 bits per heavy atom. The van der Waals surface area contributed by atoms with E-state index in [1.165, 1.54) is 0 Å². The first-order valence-electron chi connectivity index (χ1n) is 8.16. The summed E-state index contributed by atoms with van der Waals surface area (Å²) in [5.41, 5.74) is 0. The molecule has 8 heteroatoms. The van der Waals surface area contributed by atoms with Crippen molar-refractivity contribution in [2.24, 2.45) is 4.99 Å². The van der Waals surface area contributed by atoms with Gasteiger partial charge in [-0.25, -0.2) is 13.1 Å². The lowest BCUT2D eigenvalue weighted by molar-refractivity contribution is 0.580. The number of benzene rings is 1. The summed E-state index contributed by atoms with van der Waals surface area (Å²) in [5.74, 6) is 1.88. The summed E-state index contributed by atoms with van der Waals surface area (Å²) >= 11 is 1.84. The van der Waals surface area contributed by atoms with Crippen LogP contribution in [0.4, 0.5) is 0 Å². The molecule has 0 saturated heterocycles. The van der Waals surface area contributed by atoms with Gasteiger partial charge in [-0.2, -0.15) is 11.8 Å². The normalized spacial score (nSPS) is 12.2. The van der Waals surface area contributed by atoms with E-state index in [1.54, 1.807) is 30.3 Å². The quantitative estimate of drug-likeness (QED) is 0.313. The van der Waals surface area contributed by atoms with E-state index >= 15 is 0 Å². The molecule has 24 heavy (non-hydrogen) atoms. The maximum atomic E-state index is 12.1. The van der Waals surface area contributed by atoms with Gasteiger partial charge < -0.3 is 10.6 Å². The molecule has 1 aromatic carbocycles. The second kappa shape index (κ2) is 12.2. The molecule has 0 aromatic heterocycles. The molecule has 0 radical (unpaired) electrons. The van der Waals surface area contributed by atoms with E-state index in [0.717, 1.165) is 37.6 Å². The first-order chi connectivity index (χ1) is 11.6. The van der Waals surface area contributed by atoms with Gasteiger partial charge in [0.1, 0.15) is 0 Å². The molecule has 136 valence electrons. The molecule has 1 aromatic rings. The fraction of sp³-hybridized carbons (Fsp3) is 0.562. The van der Waals surface area contributed by atoms with Crippen LogP contribution in [0.3, 0.4) is 0 Å². The first-order valence-corrected chi connectivity index (χ1v) is 11.0. The SMILES string of the molecule is CCNC(=NCCCCSC)NCCNS(=O)(=O)c1ccccc1. The summed E-state index contributed by atoms with van der Waals surface area (Å²) in [5, 5.41) is 6.30. The van der Waals surface area contributed by atoms with E-state index < -0.39 is 10.0 Å². The van der Waals surface area contributed by atoms with Crippen molar-refractivity contribution in [2.45, 2.75) is 24.7 Å². The third-order valence-electron chi connectivity index (χ3n) is 3.13. The molecule has 0 spiro atoms. The van der Waals surface area contributed by atoms with Crippen LogP contribution in [0, 0.1) is 0 Å². The number of unbranched alkanes of at least 4 members (excludes halogenated alkanes) is 1. The third-order valence-corrected chi connectivity index (χ3v) is 5.31. The summed E-state index contributed by atoms with van der Waals surface area (Å²) in [7, 11) is -3.45. The Morgan fingerprint density at radius 3 is 2.54 bits per heavy atom. The van der Waals surface area contributed by atoms with Crippen LogP contribution in [0.2, 0.25) is 0 Å². The average Bonchev–Trinajstić information content (AvgIpc) is 2.59. The number of hydrogen-bond donors (Lipinski definition) is 3. The molecule has 0 unspecified atom stereocenters. The van der Waals surface area contributed by atoms with Crippen molar-refractivity contribution < 1.29 is 8.42 Å². The largest absolute Gasteiger partial charge is 0.357 e. The zero-order chi connectivity index (χ0) is 17.7. The lowest BCUT2D eigenvalue weighted by atomic mass is 10.3. The summed E-state index contributed by atoms with van der Waals surface area (Å²) < 4.78 is 26.8. The highest BCUT2D eigenvalue weighted by molar-refractivity contribution is 7.98. The van der Waals surface area contributed by atoms with Crippen LogP contribution in [0.1, 0.15) is 19.8 Å². The highest BCUT2D eigenvalue weighted by Gasteiger charge is 2.11. The number of rotatable bonds is 11. The minimum atomic E-state index is -3.45. The molecular weight excluding hydrogens is 344 g/mol. The van der Waals surface area contributed by atoms with Crippen LogP contribution in [0.15, 0.2) is 40.2 Å². The van der Waals surface area contributed by atoms with E-state index in [1.807, 2.05) is 18.7 Å². The summed E-state index contributed by atoms with van der Waals surface area (Å²) in [4.78, 5) is 4.76. The lowest BCUT2D eigenvalue weighted by Crippen LogP contribution is -2.41. The first kappa shape index (κ1) is 20.8. The molecule has 0 atom stereocenters. The zero-order valence-corrected chi connectivity index (χ0v) is 16.0. The van der Waals surface area contributed by atoms with Gasteiger partial charge in [0.15, 0.2) is 5.96 Å². The number of guanidine groups is 1. The fourth-order valence-corrected chi connectivity index (χ4v) is 3.49. The molecule has 1 rings (SSSR count). The number of hydrogen-bond acceptors (Lipinski definition) is 4. The number of nitrogens with zero attached hydrogens (tertiary/aromatic N) is 1. The number of sulfonamides is 1. The van der Waals surface area contributed by atoms with E-state index in [-0.39, 0.29) is 4.90 Å². The Kier molecular flexibility index (Phi) is 10.5. The van der Waals surface area contributed by atoms with Crippen LogP contribution in [-0.2, 0) is 10.0 Å². The van der Waals surface area contributed by atoms with E-state index in [9.17, 15) is 8.42 Å². The monoisotopic (exact) mass is 372 g/mol. The van der Waals surface area contributed by atoms with Crippen molar-refractivity contribution in [1.29, 1.82) is 0 Å². The minimum absolute atomic E-state index is 0.277. The third kappa shape index (κ3) is 8.56. The predicted octanol–water partition coefficient (Wildman–Crippen LogP) is 1.66. The van der Waals surface area contributed by atoms with Crippen LogP contribution in [0.5, 0.6) is 0 Å². The molecule has 0 aliphatic heterocycles. The van der Waals surface area contributed by atoms with Gasteiger partial charge in [0.25, 0.3) is 0 Å². The Hall–Kier alpha value is -1.25. The molecule has 0 bridgehead atoms. The van der Waals surface area contributed by atoms with Crippen LogP contribution < -0.4 is 15.4 Å². The van der Waals surface area contributed by atoms with Crippen LogP contribution in [-0.4, -0.2) is 52.6 Å². The molecule has 0 heterocycles. The summed E-state index contributed by atoms with van der Waals surface area (Å²) in [6.45, 7) is 4.32. The van der Waals surface area contributed by atoms with Gasteiger partial charge in [0, 0.05) is 26.2 Å². The molecule has 6 nitrogen and oxygen atoms in total. The maximum absolute atomic E-state index is 12.1. The summed E-state index contributed by atoms with van der Waals surface area (Å²) in [6.07, 6.45) is 4.31. The van der Waals surface area contributed by atoms with E-state index in [4.69, 9.17) is 0 Å². The molecule has 0 amide bonds. The molecule has 3 N–H and O–H groups in total. The van der Waals surface area contributed by atoms with Crippen molar-refractivity contribution in [3.05, 3.63) is 30.3 Å². The van der Waals surface area contributed by atoms with Crippen molar-refractivity contribution in [1.82, 2.24) is 15.4 Å². The number of nitrogens with one attached hydrogen (secondary N) is 3. The van der Waals surface area contributed by atoms with Crippen molar-refractivity contribution in [2.75, 3.05) is 38.2 Å². The van der Waals surface area contributed by atoms with Gasteiger partial charge in [0.2, 0.25) is 10.0 Å². The van der Waals surface area contributed by atoms with Gasteiger partial charge in [-0.05, 0) is 43.9 Å². The molecule has 0 aliphatic rings. The molecule has 0 aliphatic carbocycles. The molecular formula is C16H28N4O2S2. The zero-order valence-electron chi connectivity index (χ0n) is 14.4. The lowest BCUT2D eigenvalue weighted by Gasteiger charge is -2.12. The average molecular weight is 373 g/mol. The number of aliphatic imine (C=N–C) groups is 1. The standard InChI is InChI=1S/C16H28N4O2S2/c1-3-17-16(18-11-7-8-14-23-2)19-12-13-20-24(21,22)15-9-5-4-6-10-15/h4-6,9-10,20H,3,7-8,11-14H2,1-2H3,(H2,17,18,19). The van der Waals surface area contributed by atoms with Gasteiger partial charge in [-0.1, -0.05) is 18.2 Å². The Bertz CT molecular complexity index is 577. The van der Waals surface area contributed by atoms with Crippen molar-refractivity contribution in [3.63, 3.8) is 0 Å². The Labute approximate surface area is 150 Å². The predicted molar refractivity (Wildman–Crippen MR) is 103 cm³/mol. The molecule has 0 fully saturated rings. The highest BCUT2D eigenvalue weighted by Crippen LogP contribution is 2.06. The van der Waals surface area contributed by atoms with Gasteiger partial charge in [-0.3, -0.25) is 4.99 Å². The van der Waals surface area contributed by atoms with Crippen LogP contribution in [0.25, 0.3) is 0 Å². The van der Waals surface area contributed by atoms with E-state index in [0.29, 0.717) is 13.1 Å². The van der Waals surface area contributed by atoms with Crippen LogP contribution >= 0.6 is 11.8 Å². The maximum Gasteiger partial charge on any atom is 0.240 e. The van der Waals surface area contributed by atoms with Gasteiger partial charge in [-0.15, -0.1) is 0 Å². The topological polar surface area (TPSA) is 82.6 Å². The summed E-state index contributed by atoms with van der Waals surface area (Å²) in [6, 6.07) is 8.37. The Morgan fingerprint density at radius 2 is 1.88 bits per heavy atom. The van der Waals surface area contributed by atoms with E-state index in [2.05, 4.69) is 26.6 Å².